The highest BCUT2D eigenvalue weighted by atomic mass is 16.4. The first-order valence-electron chi connectivity index (χ1n) is 7.45. The van der Waals surface area contributed by atoms with Crippen molar-refractivity contribution in [2.24, 2.45) is 11.8 Å². The van der Waals surface area contributed by atoms with E-state index in [0.29, 0.717) is 19.0 Å². The highest BCUT2D eigenvalue weighted by Crippen LogP contribution is 2.24. The molecule has 0 saturated carbocycles. The van der Waals surface area contributed by atoms with Crippen LogP contribution < -0.4 is 5.32 Å². The highest BCUT2D eigenvalue weighted by Gasteiger charge is 2.39. The topological polar surface area (TPSA) is 72.9 Å². The number of carbonyl (C=O) groups excluding carboxylic acids is 1. The van der Waals surface area contributed by atoms with Crippen molar-refractivity contribution in [3.05, 3.63) is 0 Å². The van der Waals surface area contributed by atoms with Gasteiger partial charge in [-0.2, -0.15) is 0 Å². The zero-order chi connectivity index (χ0) is 14.7. The Morgan fingerprint density at radius 2 is 2.05 bits per heavy atom. The van der Waals surface area contributed by atoms with Crippen LogP contribution in [0.4, 0.5) is 4.79 Å². The normalized spacial score (nSPS) is 31.3. The number of hydrogen-bond acceptors (Lipinski definition) is 3. The number of nitrogens with zero attached hydrogens (tertiary/aromatic N) is 2. The smallest absolute Gasteiger partial charge is 0.326 e. The molecule has 0 aromatic heterocycles. The average molecular weight is 283 g/mol. The van der Waals surface area contributed by atoms with Crippen molar-refractivity contribution in [2.75, 3.05) is 33.2 Å². The number of likely N-dealkylation sites (tertiary alicyclic amines) is 2. The molecule has 114 valence electrons. The standard InChI is InChI=1S/C14H25N3O3/c1-10-5-7-17(12(10)13(18)19)14(20)15-8-11-4-3-6-16(2)9-11/h10-12H,3-9H2,1-2H3,(H,15,20)(H,18,19). The molecule has 2 aliphatic rings. The van der Waals surface area contributed by atoms with Crippen molar-refractivity contribution in [3.63, 3.8) is 0 Å². The van der Waals surface area contributed by atoms with Crippen molar-refractivity contribution < 1.29 is 14.7 Å². The number of hydrogen-bond donors (Lipinski definition) is 2. The molecule has 3 atom stereocenters. The summed E-state index contributed by atoms with van der Waals surface area (Å²) < 4.78 is 0. The molecule has 2 rings (SSSR count). The van der Waals surface area contributed by atoms with Gasteiger partial charge in [-0.3, -0.25) is 0 Å². The first-order chi connectivity index (χ1) is 9.49. The molecule has 0 aromatic carbocycles. The van der Waals surface area contributed by atoms with Crippen LogP contribution in [0.5, 0.6) is 0 Å². The van der Waals surface area contributed by atoms with Crippen molar-refractivity contribution in [1.29, 1.82) is 0 Å². The second-order valence-electron chi connectivity index (χ2n) is 6.20. The fourth-order valence-corrected chi connectivity index (χ4v) is 3.32. The minimum atomic E-state index is -0.900. The molecule has 6 heteroatoms. The Kier molecular flexibility index (Phi) is 4.86. The number of carbonyl (C=O) groups is 2. The second kappa shape index (κ2) is 6.43. The molecule has 0 aliphatic carbocycles. The molecular weight excluding hydrogens is 258 g/mol. The predicted octanol–water partition coefficient (Wildman–Crippen LogP) is 0.833. The molecule has 3 unspecified atom stereocenters. The maximum atomic E-state index is 12.2. The summed E-state index contributed by atoms with van der Waals surface area (Å²) in [5.74, 6) is -0.400. The van der Waals surface area contributed by atoms with E-state index in [0.717, 1.165) is 32.4 Å². The van der Waals surface area contributed by atoms with Gasteiger partial charge in [0.25, 0.3) is 0 Å². The molecule has 0 aromatic rings. The van der Waals surface area contributed by atoms with Crippen LogP contribution in [0.15, 0.2) is 0 Å². The third kappa shape index (κ3) is 3.42. The fourth-order valence-electron chi connectivity index (χ4n) is 3.32. The Morgan fingerprint density at radius 1 is 1.30 bits per heavy atom. The van der Waals surface area contributed by atoms with E-state index in [9.17, 15) is 14.7 Å². The van der Waals surface area contributed by atoms with E-state index in [1.54, 1.807) is 0 Å². The number of carboxylic acids is 1. The van der Waals surface area contributed by atoms with Gasteiger partial charge < -0.3 is 20.2 Å². The van der Waals surface area contributed by atoms with E-state index < -0.39 is 12.0 Å². The van der Waals surface area contributed by atoms with Crippen LogP contribution >= 0.6 is 0 Å². The monoisotopic (exact) mass is 283 g/mol. The van der Waals surface area contributed by atoms with Gasteiger partial charge in [0.1, 0.15) is 6.04 Å². The SMILES string of the molecule is CC1CCN(C(=O)NCC2CCCN(C)C2)C1C(=O)O. The lowest BCUT2D eigenvalue weighted by molar-refractivity contribution is -0.142. The van der Waals surface area contributed by atoms with Crippen LogP contribution in [0.25, 0.3) is 0 Å². The van der Waals surface area contributed by atoms with Crippen molar-refractivity contribution in [3.8, 4) is 0 Å². The minimum absolute atomic E-state index is 0.0269. The molecule has 2 aliphatic heterocycles. The summed E-state index contributed by atoms with van der Waals surface area (Å²) in [6, 6.07) is -0.904. The van der Waals surface area contributed by atoms with Gasteiger partial charge in [0.05, 0.1) is 0 Å². The third-order valence-corrected chi connectivity index (χ3v) is 4.48. The van der Waals surface area contributed by atoms with Gasteiger partial charge >= 0.3 is 12.0 Å². The summed E-state index contributed by atoms with van der Waals surface area (Å²) in [7, 11) is 2.09. The number of urea groups is 1. The lowest BCUT2D eigenvalue weighted by Gasteiger charge is -2.31. The van der Waals surface area contributed by atoms with Gasteiger partial charge in [0, 0.05) is 19.6 Å². The number of nitrogens with one attached hydrogen (secondary N) is 1. The van der Waals surface area contributed by atoms with Gasteiger partial charge in [-0.1, -0.05) is 6.92 Å². The summed E-state index contributed by atoms with van der Waals surface area (Å²) in [6.45, 7) is 5.19. The number of aliphatic carboxylic acids is 1. The lowest BCUT2D eigenvalue weighted by atomic mass is 9.98. The molecule has 2 heterocycles. The molecule has 2 saturated heterocycles. The maximum absolute atomic E-state index is 12.2. The van der Waals surface area contributed by atoms with E-state index in [4.69, 9.17) is 0 Å². The van der Waals surface area contributed by atoms with Gasteiger partial charge in [-0.15, -0.1) is 0 Å². The summed E-state index contributed by atoms with van der Waals surface area (Å²) in [6.07, 6.45) is 3.05. The quantitative estimate of drug-likeness (QED) is 0.805. The Labute approximate surface area is 120 Å². The van der Waals surface area contributed by atoms with Gasteiger partial charge in [-0.25, -0.2) is 9.59 Å². The summed E-state index contributed by atoms with van der Waals surface area (Å²) in [5, 5.41) is 12.1. The summed E-state index contributed by atoms with van der Waals surface area (Å²) in [4.78, 5) is 27.2. The minimum Gasteiger partial charge on any atom is -0.480 e. The van der Waals surface area contributed by atoms with E-state index in [2.05, 4.69) is 17.3 Å². The van der Waals surface area contributed by atoms with Crippen LogP contribution in [-0.2, 0) is 4.79 Å². The largest absolute Gasteiger partial charge is 0.480 e. The number of carboxylic acid groups (broad SMARTS) is 1. The van der Waals surface area contributed by atoms with E-state index in [1.165, 1.54) is 4.90 Å². The molecule has 20 heavy (non-hydrogen) atoms. The van der Waals surface area contributed by atoms with Crippen molar-refractivity contribution in [2.45, 2.75) is 32.2 Å². The second-order valence-corrected chi connectivity index (χ2v) is 6.20. The van der Waals surface area contributed by atoms with Crippen LogP contribution in [0.2, 0.25) is 0 Å². The Hall–Kier alpha value is -1.30. The van der Waals surface area contributed by atoms with Gasteiger partial charge in [0.2, 0.25) is 0 Å². The lowest BCUT2D eigenvalue weighted by Crippen LogP contribution is -2.49. The van der Waals surface area contributed by atoms with E-state index >= 15 is 0 Å². The van der Waals surface area contributed by atoms with Crippen molar-refractivity contribution >= 4 is 12.0 Å². The molecule has 6 nitrogen and oxygen atoms in total. The van der Waals surface area contributed by atoms with Gasteiger partial charge in [0.15, 0.2) is 0 Å². The molecule has 0 bridgehead atoms. The zero-order valence-electron chi connectivity index (χ0n) is 12.3. The fraction of sp³-hybridized carbons (Fsp3) is 0.857. The van der Waals surface area contributed by atoms with Crippen molar-refractivity contribution in [1.82, 2.24) is 15.1 Å². The van der Waals surface area contributed by atoms with Gasteiger partial charge in [-0.05, 0) is 44.7 Å². The molecular formula is C14H25N3O3. The van der Waals surface area contributed by atoms with E-state index in [1.807, 2.05) is 6.92 Å². The maximum Gasteiger partial charge on any atom is 0.326 e. The molecule has 0 radical (unpaired) electrons. The first-order valence-corrected chi connectivity index (χ1v) is 7.45. The number of piperidine rings is 1. The summed E-state index contributed by atoms with van der Waals surface area (Å²) >= 11 is 0. The zero-order valence-corrected chi connectivity index (χ0v) is 12.3. The Bertz CT molecular complexity index is 375. The van der Waals surface area contributed by atoms with Crippen LogP contribution in [0.1, 0.15) is 26.2 Å². The summed E-state index contributed by atoms with van der Waals surface area (Å²) in [5.41, 5.74) is 0. The highest BCUT2D eigenvalue weighted by molar-refractivity contribution is 5.83. The third-order valence-electron chi connectivity index (χ3n) is 4.48. The molecule has 2 N–H and O–H groups in total. The Morgan fingerprint density at radius 3 is 2.70 bits per heavy atom. The Balaban J connectivity index is 1.83. The van der Waals surface area contributed by atoms with Crippen LogP contribution in [-0.4, -0.2) is 66.2 Å². The van der Waals surface area contributed by atoms with Crippen LogP contribution in [0, 0.1) is 11.8 Å². The predicted molar refractivity (Wildman–Crippen MR) is 75.5 cm³/mol. The van der Waals surface area contributed by atoms with Crippen LogP contribution in [0.3, 0.4) is 0 Å². The van der Waals surface area contributed by atoms with E-state index in [-0.39, 0.29) is 11.9 Å². The first kappa shape index (κ1) is 15.1. The molecule has 2 fully saturated rings. The molecule has 0 spiro atoms. The number of amides is 2. The molecule has 2 amide bonds. The number of rotatable bonds is 3. The average Bonchev–Trinajstić information content (AvgIpc) is 2.78.